The summed E-state index contributed by atoms with van der Waals surface area (Å²) in [6.07, 6.45) is 4.87. The molecule has 0 saturated carbocycles. The van der Waals surface area contributed by atoms with Crippen molar-refractivity contribution in [2.24, 2.45) is 0 Å². The maximum absolute atomic E-state index is 12.5. The maximum atomic E-state index is 12.5. The van der Waals surface area contributed by atoms with E-state index in [1.54, 1.807) is 49.2 Å². The number of benzene rings is 3. The van der Waals surface area contributed by atoms with Crippen molar-refractivity contribution in [3.8, 4) is 28.4 Å². The van der Waals surface area contributed by atoms with Crippen molar-refractivity contribution in [1.82, 2.24) is 9.78 Å². The van der Waals surface area contributed by atoms with E-state index < -0.39 is 11.9 Å². The fourth-order valence-electron chi connectivity index (χ4n) is 3.65. The smallest absolute Gasteiger partial charge is 0.337 e. The molecule has 0 saturated heterocycles. The molecule has 0 unspecified atom stereocenters. The molecule has 0 aliphatic heterocycles. The number of methoxy groups -OCH3 is 3. The highest BCUT2D eigenvalue weighted by atomic mass is 16.5. The summed E-state index contributed by atoms with van der Waals surface area (Å²) in [5.74, 6) is 0.242. The molecule has 3 aromatic carbocycles. The minimum Gasteiger partial charge on any atom is -0.493 e. The van der Waals surface area contributed by atoms with E-state index in [1.807, 2.05) is 54.7 Å². The van der Waals surface area contributed by atoms with E-state index >= 15 is 0 Å². The Hall–Kier alpha value is -4.85. The molecule has 0 amide bonds. The van der Waals surface area contributed by atoms with Crippen LogP contribution in [0.4, 0.5) is 0 Å². The van der Waals surface area contributed by atoms with Crippen molar-refractivity contribution in [2.75, 3.05) is 21.3 Å². The highest BCUT2D eigenvalue weighted by Gasteiger charge is 2.14. The summed E-state index contributed by atoms with van der Waals surface area (Å²) in [4.78, 5) is 24.0. The second-order valence-corrected chi connectivity index (χ2v) is 7.91. The quantitative estimate of drug-likeness (QED) is 0.234. The average Bonchev–Trinajstić information content (AvgIpc) is 3.39. The van der Waals surface area contributed by atoms with Crippen LogP contribution in [-0.4, -0.2) is 43.0 Å². The lowest BCUT2D eigenvalue weighted by atomic mass is 10.1. The van der Waals surface area contributed by atoms with Crippen LogP contribution in [0.5, 0.6) is 11.5 Å². The largest absolute Gasteiger partial charge is 0.493 e. The second-order valence-electron chi connectivity index (χ2n) is 7.91. The highest BCUT2D eigenvalue weighted by Crippen LogP contribution is 2.33. The molecular formula is C29H26N2O6. The number of nitrogens with zero attached hydrogens (tertiary/aromatic N) is 2. The van der Waals surface area contributed by atoms with Gasteiger partial charge in [-0.1, -0.05) is 30.3 Å². The topological polar surface area (TPSA) is 88.9 Å². The first-order valence-corrected chi connectivity index (χ1v) is 11.4. The van der Waals surface area contributed by atoms with Crippen molar-refractivity contribution in [3.63, 3.8) is 0 Å². The Balaban J connectivity index is 1.56. The van der Waals surface area contributed by atoms with Crippen LogP contribution in [0.3, 0.4) is 0 Å². The zero-order valence-corrected chi connectivity index (χ0v) is 20.7. The third-order valence-corrected chi connectivity index (χ3v) is 5.58. The molecular weight excluding hydrogens is 472 g/mol. The van der Waals surface area contributed by atoms with Crippen molar-refractivity contribution < 1.29 is 28.5 Å². The minimum absolute atomic E-state index is 0.0659. The van der Waals surface area contributed by atoms with Crippen LogP contribution in [0.25, 0.3) is 23.0 Å². The maximum Gasteiger partial charge on any atom is 0.337 e. The van der Waals surface area contributed by atoms with Crippen LogP contribution in [0.1, 0.15) is 21.5 Å². The Morgan fingerprint density at radius 1 is 0.892 bits per heavy atom. The van der Waals surface area contributed by atoms with Gasteiger partial charge in [0, 0.05) is 23.4 Å². The Kier molecular flexibility index (Phi) is 8.00. The Bertz CT molecular complexity index is 1410. The molecule has 0 spiro atoms. The SMILES string of the molecule is COC(=O)c1ccc(COC(=O)C=Cc2cn(-c3ccccc3)nc2-c2ccc(OC)c(OC)c2)cc1. The lowest BCUT2D eigenvalue weighted by Gasteiger charge is -2.09. The van der Waals surface area contributed by atoms with Gasteiger partial charge >= 0.3 is 11.9 Å². The van der Waals surface area contributed by atoms with Gasteiger partial charge in [-0.25, -0.2) is 14.3 Å². The average molecular weight is 499 g/mol. The molecule has 0 atom stereocenters. The number of para-hydroxylation sites is 1. The van der Waals surface area contributed by atoms with Crippen molar-refractivity contribution >= 4 is 18.0 Å². The summed E-state index contributed by atoms with van der Waals surface area (Å²) in [7, 11) is 4.48. The molecule has 1 aromatic heterocycles. The number of aromatic nitrogens is 2. The van der Waals surface area contributed by atoms with Crippen molar-refractivity contribution in [1.29, 1.82) is 0 Å². The van der Waals surface area contributed by atoms with E-state index in [0.717, 1.165) is 22.4 Å². The number of carbonyl (C=O) groups excluding carboxylic acids is 2. The van der Waals surface area contributed by atoms with Crippen molar-refractivity contribution in [3.05, 3.63) is 102 Å². The molecule has 37 heavy (non-hydrogen) atoms. The van der Waals surface area contributed by atoms with Crippen LogP contribution < -0.4 is 9.47 Å². The number of esters is 2. The van der Waals surface area contributed by atoms with E-state index in [4.69, 9.17) is 24.0 Å². The number of carbonyl (C=O) groups is 2. The zero-order valence-electron chi connectivity index (χ0n) is 20.7. The summed E-state index contributed by atoms with van der Waals surface area (Å²) in [6.45, 7) is 0.0659. The molecule has 0 radical (unpaired) electrons. The number of rotatable bonds is 9. The molecule has 4 aromatic rings. The molecule has 8 nitrogen and oxygen atoms in total. The molecule has 188 valence electrons. The third-order valence-electron chi connectivity index (χ3n) is 5.58. The first-order chi connectivity index (χ1) is 18.0. The normalized spacial score (nSPS) is 10.8. The Labute approximate surface area is 214 Å². The van der Waals surface area contributed by atoms with Gasteiger partial charge in [0.1, 0.15) is 12.3 Å². The van der Waals surface area contributed by atoms with Crippen LogP contribution in [0.15, 0.2) is 85.1 Å². The molecule has 4 rings (SSSR count). The van der Waals surface area contributed by atoms with Gasteiger partial charge in [-0.2, -0.15) is 5.10 Å². The molecule has 0 bridgehead atoms. The van der Waals surface area contributed by atoms with E-state index in [2.05, 4.69) is 0 Å². The van der Waals surface area contributed by atoms with Gasteiger partial charge in [-0.15, -0.1) is 0 Å². The molecule has 1 heterocycles. The van der Waals surface area contributed by atoms with E-state index in [1.165, 1.54) is 13.2 Å². The second kappa shape index (κ2) is 11.7. The van der Waals surface area contributed by atoms with Crippen LogP contribution in [0.2, 0.25) is 0 Å². The van der Waals surface area contributed by atoms with Crippen LogP contribution in [0, 0.1) is 0 Å². The van der Waals surface area contributed by atoms with Gasteiger partial charge in [0.15, 0.2) is 11.5 Å². The summed E-state index contributed by atoms with van der Waals surface area (Å²) in [5, 5.41) is 4.76. The highest BCUT2D eigenvalue weighted by molar-refractivity contribution is 5.90. The van der Waals surface area contributed by atoms with Crippen molar-refractivity contribution in [2.45, 2.75) is 6.61 Å². The molecule has 0 aliphatic rings. The predicted octanol–water partition coefficient (Wildman–Crippen LogP) is 5.10. The molecule has 0 fully saturated rings. The van der Waals surface area contributed by atoms with Gasteiger partial charge in [0.25, 0.3) is 0 Å². The Morgan fingerprint density at radius 3 is 2.30 bits per heavy atom. The minimum atomic E-state index is -0.511. The summed E-state index contributed by atoms with van der Waals surface area (Å²) in [5.41, 5.74) is 4.23. The van der Waals surface area contributed by atoms with Gasteiger partial charge < -0.3 is 18.9 Å². The van der Waals surface area contributed by atoms with Gasteiger partial charge in [0.05, 0.1) is 32.6 Å². The third kappa shape index (κ3) is 6.05. The van der Waals surface area contributed by atoms with Gasteiger partial charge in [-0.3, -0.25) is 0 Å². The molecule has 8 heteroatoms. The monoisotopic (exact) mass is 498 g/mol. The van der Waals surface area contributed by atoms with Gasteiger partial charge in [-0.05, 0) is 54.1 Å². The number of hydrogen-bond donors (Lipinski definition) is 0. The summed E-state index contributed by atoms with van der Waals surface area (Å²) >= 11 is 0. The molecule has 0 N–H and O–H groups in total. The number of hydrogen-bond acceptors (Lipinski definition) is 7. The Morgan fingerprint density at radius 2 is 1.62 bits per heavy atom. The molecule has 0 aliphatic carbocycles. The fraction of sp³-hybridized carbons (Fsp3) is 0.138. The first-order valence-electron chi connectivity index (χ1n) is 11.4. The van der Waals surface area contributed by atoms with Crippen LogP contribution >= 0.6 is 0 Å². The van der Waals surface area contributed by atoms with E-state index in [9.17, 15) is 9.59 Å². The fourth-order valence-corrected chi connectivity index (χ4v) is 3.65. The van der Waals surface area contributed by atoms with Crippen LogP contribution in [-0.2, 0) is 20.9 Å². The zero-order chi connectivity index (χ0) is 26.2. The lowest BCUT2D eigenvalue weighted by molar-refractivity contribution is -0.138. The first kappa shape index (κ1) is 25.2. The lowest BCUT2D eigenvalue weighted by Crippen LogP contribution is -2.03. The van der Waals surface area contributed by atoms with E-state index in [0.29, 0.717) is 22.8 Å². The summed E-state index contributed by atoms with van der Waals surface area (Å²) in [6, 6.07) is 21.9. The van der Waals surface area contributed by atoms with E-state index in [-0.39, 0.29) is 6.61 Å². The van der Waals surface area contributed by atoms with Gasteiger partial charge in [0.2, 0.25) is 0 Å². The predicted molar refractivity (Wildman–Crippen MR) is 139 cm³/mol. The number of ether oxygens (including phenoxy) is 4. The standard InChI is InChI=1S/C29H26N2O6/c1-34-25-15-13-22(17-26(25)35-2)28-23(18-31(30-28)24-7-5-4-6-8-24)14-16-27(32)37-19-20-9-11-21(12-10-20)29(33)36-3/h4-18H,19H2,1-3H3. The summed E-state index contributed by atoms with van der Waals surface area (Å²) < 4.78 is 22.6.